The quantitative estimate of drug-likeness (QED) is 0.341. The molecule has 0 radical (unpaired) electrons. The lowest BCUT2D eigenvalue weighted by molar-refractivity contribution is -0.675. The molecule has 0 aliphatic rings. The molecule has 54 valence electrons. The lowest BCUT2D eigenvalue weighted by Crippen LogP contribution is -2.28. The monoisotopic (exact) mass is 155 g/mol. The molecule has 0 bridgehead atoms. The summed E-state index contributed by atoms with van der Waals surface area (Å²) in [5.74, 6) is 0. The van der Waals surface area contributed by atoms with Crippen LogP contribution in [-0.4, -0.2) is 11.2 Å². The minimum Gasteiger partial charge on any atom is -0.240 e. The molecule has 0 atom stereocenters. The molecule has 10 heavy (non-hydrogen) atoms. The van der Waals surface area contributed by atoms with E-state index in [-0.39, 0.29) is 0 Å². The van der Waals surface area contributed by atoms with E-state index in [1.807, 2.05) is 24.2 Å². The Morgan fingerprint density at radius 2 is 2.30 bits per heavy atom. The Kier molecular flexibility index (Phi) is 2.27. The lowest BCUT2D eigenvalue weighted by Gasteiger charge is -1.93. The molecule has 0 saturated carbocycles. The van der Waals surface area contributed by atoms with Crippen LogP contribution in [0.1, 0.15) is 5.56 Å². The van der Waals surface area contributed by atoms with Crippen LogP contribution < -0.4 is 4.57 Å². The maximum absolute atomic E-state index is 4.22. The second kappa shape index (κ2) is 3.01. The lowest BCUT2D eigenvalue weighted by atomic mass is 10.4. The fourth-order valence-electron chi connectivity index (χ4n) is 0.853. The first-order valence-electron chi connectivity index (χ1n) is 3.10. The topological polar surface area (TPSA) is 16.8 Å². The van der Waals surface area contributed by atoms with Crippen LogP contribution in [0.25, 0.3) is 0 Å². The molecule has 0 saturated heterocycles. The highest BCUT2D eigenvalue weighted by Crippen LogP contribution is 2.12. The van der Waals surface area contributed by atoms with Gasteiger partial charge in [-0.25, -0.2) is 4.57 Å². The zero-order valence-corrected chi connectivity index (χ0v) is 7.27. The van der Waals surface area contributed by atoms with Gasteiger partial charge in [0.25, 0.3) is 6.33 Å². The van der Waals surface area contributed by atoms with Crippen molar-refractivity contribution in [1.82, 2.24) is 4.98 Å². The molecule has 0 unspecified atom stereocenters. The van der Waals surface area contributed by atoms with Crippen LogP contribution >= 0.6 is 11.8 Å². The minimum absolute atomic E-state index is 1.11. The summed E-state index contributed by atoms with van der Waals surface area (Å²) in [7, 11) is 1.98. The third-order valence-electron chi connectivity index (χ3n) is 1.29. The molecular formula is C7H11N2S+. The second-order valence-corrected chi connectivity index (χ2v) is 3.03. The molecule has 0 fully saturated rings. The number of aromatic nitrogens is 2. The largest absolute Gasteiger partial charge is 0.287 e. The molecule has 2 nitrogen and oxygen atoms in total. The Bertz CT molecular complexity index is 235. The highest BCUT2D eigenvalue weighted by atomic mass is 32.2. The van der Waals surface area contributed by atoms with E-state index in [0.29, 0.717) is 0 Å². The molecule has 1 aromatic rings. The van der Waals surface area contributed by atoms with E-state index in [9.17, 15) is 0 Å². The summed E-state index contributed by atoms with van der Waals surface area (Å²) in [6.07, 6.45) is 5.92. The van der Waals surface area contributed by atoms with Gasteiger partial charge in [-0.15, -0.1) is 0 Å². The SMILES string of the molecule is CSc1nc[n+](C)cc1C. The van der Waals surface area contributed by atoms with Crippen LogP contribution in [0.3, 0.4) is 0 Å². The highest BCUT2D eigenvalue weighted by molar-refractivity contribution is 7.98. The van der Waals surface area contributed by atoms with E-state index in [1.165, 1.54) is 5.56 Å². The first kappa shape index (κ1) is 7.54. The second-order valence-electron chi connectivity index (χ2n) is 2.23. The summed E-state index contributed by atoms with van der Waals surface area (Å²) in [5, 5.41) is 1.11. The Morgan fingerprint density at radius 1 is 1.60 bits per heavy atom. The number of hydrogen-bond acceptors (Lipinski definition) is 2. The van der Waals surface area contributed by atoms with Gasteiger partial charge in [0, 0.05) is 5.56 Å². The van der Waals surface area contributed by atoms with Crippen molar-refractivity contribution in [2.24, 2.45) is 7.05 Å². The van der Waals surface area contributed by atoms with Crippen molar-refractivity contribution in [3.05, 3.63) is 18.1 Å². The summed E-state index contributed by atoms with van der Waals surface area (Å²) in [5.41, 5.74) is 1.23. The fourth-order valence-corrected chi connectivity index (χ4v) is 1.38. The maximum Gasteiger partial charge on any atom is 0.287 e. The van der Waals surface area contributed by atoms with Crippen molar-refractivity contribution in [2.75, 3.05) is 6.26 Å². The van der Waals surface area contributed by atoms with Crippen LogP contribution in [0.15, 0.2) is 17.6 Å². The molecule has 1 rings (SSSR count). The molecule has 0 N–H and O–H groups in total. The van der Waals surface area contributed by atoms with Crippen LogP contribution in [-0.2, 0) is 7.05 Å². The number of thioether (sulfide) groups is 1. The van der Waals surface area contributed by atoms with Crippen molar-refractivity contribution < 1.29 is 4.57 Å². The van der Waals surface area contributed by atoms with E-state index in [2.05, 4.69) is 18.1 Å². The summed E-state index contributed by atoms with van der Waals surface area (Å²) >= 11 is 1.68. The standard InChI is InChI=1S/C7H11N2S/c1-6-4-9(2)5-8-7(6)10-3/h4-5H,1-3H3/q+1. The van der Waals surface area contributed by atoms with Gasteiger partial charge in [-0.05, 0) is 18.2 Å². The normalized spacial score (nSPS) is 9.90. The number of hydrogen-bond donors (Lipinski definition) is 0. The van der Waals surface area contributed by atoms with Crippen molar-refractivity contribution in [3.63, 3.8) is 0 Å². The van der Waals surface area contributed by atoms with Gasteiger partial charge in [0.05, 0.1) is 13.2 Å². The Morgan fingerprint density at radius 3 is 2.80 bits per heavy atom. The van der Waals surface area contributed by atoms with E-state index in [0.717, 1.165) is 5.03 Å². The molecule has 0 aromatic carbocycles. The van der Waals surface area contributed by atoms with Crippen molar-refractivity contribution in [1.29, 1.82) is 0 Å². The van der Waals surface area contributed by atoms with Gasteiger partial charge < -0.3 is 0 Å². The minimum atomic E-state index is 1.11. The van der Waals surface area contributed by atoms with Crippen molar-refractivity contribution in [3.8, 4) is 0 Å². The van der Waals surface area contributed by atoms with Crippen molar-refractivity contribution >= 4 is 11.8 Å². The summed E-state index contributed by atoms with van der Waals surface area (Å²) in [6, 6.07) is 0. The predicted molar refractivity (Wildman–Crippen MR) is 41.9 cm³/mol. The number of nitrogens with zero attached hydrogens (tertiary/aromatic N) is 2. The molecule has 1 aromatic heterocycles. The zero-order chi connectivity index (χ0) is 7.56. The Labute approximate surface area is 65.3 Å². The van der Waals surface area contributed by atoms with E-state index < -0.39 is 0 Å². The third kappa shape index (κ3) is 1.48. The van der Waals surface area contributed by atoms with Crippen LogP contribution in [0.2, 0.25) is 0 Å². The fraction of sp³-hybridized carbons (Fsp3) is 0.429. The first-order valence-corrected chi connectivity index (χ1v) is 4.32. The average Bonchev–Trinajstić information content (AvgIpc) is 1.88. The molecule has 3 heteroatoms. The smallest absolute Gasteiger partial charge is 0.240 e. The Hall–Kier alpha value is -0.570. The van der Waals surface area contributed by atoms with E-state index in [1.54, 1.807) is 11.8 Å². The van der Waals surface area contributed by atoms with Gasteiger partial charge in [-0.1, -0.05) is 11.8 Å². The van der Waals surface area contributed by atoms with Crippen molar-refractivity contribution in [2.45, 2.75) is 11.9 Å². The maximum atomic E-state index is 4.22. The van der Waals surface area contributed by atoms with Gasteiger partial charge in [0.2, 0.25) is 5.03 Å². The molecule has 0 aliphatic heterocycles. The molecule has 1 heterocycles. The van der Waals surface area contributed by atoms with Gasteiger partial charge in [0.15, 0.2) is 0 Å². The van der Waals surface area contributed by atoms with Crippen LogP contribution in [0.5, 0.6) is 0 Å². The summed E-state index contributed by atoms with van der Waals surface area (Å²) < 4.78 is 1.95. The van der Waals surface area contributed by atoms with Gasteiger partial charge in [-0.3, -0.25) is 0 Å². The van der Waals surface area contributed by atoms with Gasteiger partial charge in [-0.2, -0.15) is 0 Å². The van der Waals surface area contributed by atoms with Gasteiger partial charge >= 0.3 is 0 Å². The predicted octanol–water partition coefficient (Wildman–Crippen LogP) is 0.936. The third-order valence-corrected chi connectivity index (χ3v) is 2.10. The van der Waals surface area contributed by atoms with E-state index in [4.69, 9.17) is 0 Å². The van der Waals surface area contributed by atoms with E-state index >= 15 is 0 Å². The number of aryl methyl sites for hydroxylation is 2. The molecule has 0 aliphatic carbocycles. The van der Waals surface area contributed by atoms with Crippen LogP contribution in [0.4, 0.5) is 0 Å². The summed E-state index contributed by atoms with van der Waals surface area (Å²) in [4.78, 5) is 4.22. The first-order chi connectivity index (χ1) is 4.74. The average molecular weight is 155 g/mol. The zero-order valence-electron chi connectivity index (χ0n) is 6.46. The molecule has 0 amide bonds. The number of rotatable bonds is 1. The Balaban J connectivity index is 3.07. The summed E-state index contributed by atoms with van der Waals surface area (Å²) in [6.45, 7) is 2.07. The molecule has 0 spiro atoms. The molecular weight excluding hydrogens is 144 g/mol. The van der Waals surface area contributed by atoms with Gasteiger partial charge in [0.1, 0.15) is 0 Å². The highest BCUT2D eigenvalue weighted by Gasteiger charge is 2.03. The van der Waals surface area contributed by atoms with Crippen LogP contribution in [0, 0.1) is 6.92 Å².